The van der Waals surface area contributed by atoms with Crippen LogP contribution in [-0.2, 0) is 6.18 Å². The molecule has 1 aliphatic carbocycles. The van der Waals surface area contributed by atoms with E-state index in [-0.39, 0.29) is 17.4 Å². The lowest BCUT2D eigenvalue weighted by molar-refractivity contribution is -0.137. The Morgan fingerprint density at radius 2 is 2.13 bits per heavy atom. The molecule has 0 saturated heterocycles. The van der Waals surface area contributed by atoms with Gasteiger partial charge in [-0.05, 0) is 30.5 Å². The van der Waals surface area contributed by atoms with E-state index in [2.05, 4.69) is 25.8 Å². The second-order valence-corrected chi connectivity index (χ2v) is 5.32. The van der Waals surface area contributed by atoms with Crippen LogP contribution in [0.4, 0.5) is 18.0 Å². The number of rotatable bonds is 4. The number of carbonyl (C=O) groups is 1. The Morgan fingerprint density at radius 3 is 2.74 bits per heavy atom. The Morgan fingerprint density at radius 1 is 1.35 bits per heavy atom. The van der Waals surface area contributed by atoms with Crippen molar-refractivity contribution in [2.45, 2.75) is 31.1 Å². The molecule has 0 bridgehead atoms. The molecule has 9 heteroatoms. The number of amides is 2. The normalized spacial score (nSPS) is 16.0. The molecule has 0 aliphatic heterocycles. The standard InChI is InChI=1S/C14H14F3N5O/c15-14(16,17)9-3-1-2-8(6-9)11(12-18-7-19-22-12)21-13(23)20-10-4-5-10/h1-3,6-7,10-11H,4-5H2,(H,18,19,22)(H2,20,21,23). The number of hydrogen-bond donors (Lipinski definition) is 3. The number of nitrogens with zero attached hydrogens (tertiary/aromatic N) is 2. The molecule has 122 valence electrons. The number of hydrogen-bond acceptors (Lipinski definition) is 3. The molecule has 1 unspecified atom stereocenters. The summed E-state index contributed by atoms with van der Waals surface area (Å²) < 4.78 is 38.6. The molecule has 2 amide bonds. The van der Waals surface area contributed by atoms with Crippen molar-refractivity contribution >= 4 is 6.03 Å². The highest BCUT2D eigenvalue weighted by molar-refractivity contribution is 5.75. The highest BCUT2D eigenvalue weighted by Crippen LogP contribution is 2.31. The van der Waals surface area contributed by atoms with E-state index in [4.69, 9.17) is 0 Å². The van der Waals surface area contributed by atoms with Gasteiger partial charge in [0.15, 0.2) is 5.82 Å². The van der Waals surface area contributed by atoms with Gasteiger partial charge >= 0.3 is 12.2 Å². The van der Waals surface area contributed by atoms with Gasteiger partial charge in [-0.2, -0.15) is 18.3 Å². The Hall–Kier alpha value is -2.58. The van der Waals surface area contributed by atoms with Crippen molar-refractivity contribution in [3.8, 4) is 0 Å². The van der Waals surface area contributed by atoms with Crippen LogP contribution in [0.5, 0.6) is 0 Å². The van der Waals surface area contributed by atoms with Crippen molar-refractivity contribution in [3.63, 3.8) is 0 Å². The van der Waals surface area contributed by atoms with Crippen molar-refractivity contribution < 1.29 is 18.0 Å². The molecule has 1 fully saturated rings. The van der Waals surface area contributed by atoms with E-state index >= 15 is 0 Å². The van der Waals surface area contributed by atoms with Gasteiger partial charge in [0, 0.05) is 6.04 Å². The summed E-state index contributed by atoms with van der Waals surface area (Å²) in [7, 11) is 0. The molecule has 3 N–H and O–H groups in total. The minimum atomic E-state index is -4.46. The molecule has 2 aromatic rings. The molecule has 1 atom stereocenters. The third-order valence-electron chi connectivity index (χ3n) is 3.44. The second kappa shape index (κ2) is 5.90. The van der Waals surface area contributed by atoms with Crippen molar-refractivity contribution in [1.82, 2.24) is 25.8 Å². The number of alkyl halides is 3. The van der Waals surface area contributed by atoms with Gasteiger partial charge in [-0.3, -0.25) is 5.10 Å². The van der Waals surface area contributed by atoms with E-state index in [0.29, 0.717) is 0 Å². The summed E-state index contributed by atoms with van der Waals surface area (Å²) in [6.45, 7) is 0. The average Bonchev–Trinajstić information content (AvgIpc) is 3.14. The van der Waals surface area contributed by atoms with Crippen LogP contribution in [-0.4, -0.2) is 27.3 Å². The summed E-state index contributed by atoms with van der Waals surface area (Å²) in [5.41, 5.74) is -0.522. The van der Waals surface area contributed by atoms with Crippen LogP contribution in [0.3, 0.4) is 0 Å². The molecule has 6 nitrogen and oxygen atoms in total. The van der Waals surface area contributed by atoms with Gasteiger partial charge in [0.2, 0.25) is 0 Å². The summed E-state index contributed by atoms with van der Waals surface area (Å²) in [6.07, 6.45) is -1.41. The fourth-order valence-electron chi connectivity index (χ4n) is 2.14. The van der Waals surface area contributed by atoms with Crippen molar-refractivity contribution in [3.05, 3.63) is 47.5 Å². The van der Waals surface area contributed by atoms with Gasteiger partial charge in [-0.25, -0.2) is 9.78 Å². The molecule has 1 aliphatic rings. The Kier molecular flexibility index (Phi) is 3.93. The molecule has 1 aromatic carbocycles. The lowest BCUT2D eigenvalue weighted by Gasteiger charge is -2.18. The van der Waals surface area contributed by atoms with Gasteiger partial charge in [-0.15, -0.1) is 0 Å². The van der Waals surface area contributed by atoms with Gasteiger partial charge < -0.3 is 10.6 Å². The largest absolute Gasteiger partial charge is 0.416 e. The number of H-pyrrole nitrogens is 1. The first-order chi connectivity index (χ1) is 10.9. The van der Waals surface area contributed by atoms with E-state index in [1.54, 1.807) is 0 Å². The molecule has 1 saturated carbocycles. The summed E-state index contributed by atoms with van der Waals surface area (Å²) in [5.74, 6) is 0.260. The van der Waals surface area contributed by atoms with Crippen LogP contribution in [0.25, 0.3) is 0 Å². The SMILES string of the molecule is O=C(NC1CC1)NC(c1cccc(C(F)(F)F)c1)c1ncn[nH]1. The maximum atomic E-state index is 12.9. The predicted octanol–water partition coefficient (Wildman–Crippen LogP) is 2.37. The van der Waals surface area contributed by atoms with Gasteiger partial charge in [0.1, 0.15) is 12.4 Å². The molecule has 1 aromatic heterocycles. The van der Waals surface area contributed by atoms with Gasteiger partial charge in [0.05, 0.1) is 5.56 Å². The van der Waals surface area contributed by atoms with Crippen LogP contribution in [0.2, 0.25) is 0 Å². The Labute approximate surface area is 129 Å². The van der Waals surface area contributed by atoms with E-state index in [9.17, 15) is 18.0 Å². The lowest BCUT2D eigenvalue weighted by atomic mass is 10.0. The molecular formula is C14H14F3N5O. The third-order valence-corrected chi connectivity index (χ3v) is 3.44. The first kappa shape index (κ1) is 15.3. The zero-order valence-electron chi connectivity index (χ0n) is 11.9. The van der Waals surface area contributed by atoms with Crippen molar-refractivity contribution in [2.24, 2.45) is 0 Å². The van der Waals surface area contributed by atoms with Gasteiger partial charge in [0.25, 0.3) is 0 Å². The molecule has 23 heavy (non-hydrogen) atoms. The van der Waals surface area contributed by atoms with E-state index in [1.165, 1.54) is 18.5 Å². The summed E-state index contributed by atoms with van der Waals surface area (Å²) in [4.78, 5) is 15.9. The Balaban J connectivity index is 1.87. The number of carbonyl (C=O) groups excluding carboxylic acids is 1. The number of nitrogens with one attached hydrogen (secondary N) is 3. The van der Waals surface area contributed by atoms with Crippen molar-refractivity contribution in [1.29, 1.82) is 0 Å². The first-order valence-corrected chi connectivity index (χ1v) is 7.03. The fraction of sp³-hybridized carbons (Fsp3) is 0.357. The minimum Gasteiger partial charge on any atom is -0.335 e. The lowest BCUT2D eigenvalue weighted by Crippen LogP contribution is -2.39. The van der Waals surface area contributed by atoms with Crippen LogP contribution >= 0.6 is 0 Å². The number of benzene rings is 1. The van der Waals surface area contributed by atoms with Crippen LogP contribution < -0.4 is 10.6 Å². The zero-order valence-corrected chi connectivity index (χ0v) is 11.9. The molecule has 3 rings (SSSR count). The molecule has 1 heterocycles. The maximum Gasteiger partial charge on any atom is 0.416 e. The zero-order chi connectivity index (χ0) is 16.4. The predicted molar refractivity (Wildman–Crippen MR) is 74.4 cm³/mol. The van der Waals surface area contributed by atoms with Crippen LogP contribution in [0, 0.1) is 0 Å². The number of urea groups is 1. The number of aromatic nitrogens is 3. The summed E-state index contributed by atoms with van der Waals surface area (Å²) >= 11 is 0. The van der Waals surface area contributed by atoms with E-state index in [1.807, 2.05) is 0 Å². The minimum absolute atomic E-state index is 0.131. The highest BCUT2D eigenvalue weighted by Gasteiger charge is 2.32. The van der Waals surface area contributed by atoms with E-state index < -0.39 is 23.8 Å². The number of halogens is 3. The van der Waals surface area contributed by atoms with Crippen LogP contribution in [0.1, 0.15) is 35.8 Å². The number of aromatic amines is 1. The van der Waals surface area contributed by atoms with E-state index in [0.717, 1.165) is 25.0 Å². The summed E-state index contributed by atoms with van der Waals surface area (Å²) in [6, 6.07) is 3.59. The van der Waals surface area contributed by atoms with Gasteiger partial charge in [-0.1, -0.05) is 12.1 Å². The fourth-order valence-corrected chi connectivity index (χ4v) is 2.14. The third kappa shape index (κ3) is 3.79. The van der Waals surface area contributed by atoms with Crippen LogP contribution in [0.15, 0.2) is 30.6 Å². The molecular weight excluding hydrogens is 311 g/mol. The smallest absolute Gasteiger partial charge is 0.335 e. The average molecular weight is 325 g/mol. The Bertz CT molecular complexity index is 682. The summed E-state index contributed by atoms with van der Waals surface area (Å²) in [5, 5.41) is 11.6. The molecule has 0 spiro atoms. The monoisotopic (exact) mass is 325 g/mol. The highest BCUT2D eigenvalue weighted by atomic mass is 19.4. The maximum absolute atomic E-state index is 12.9. The second-order valence-electron chi connectivity index (χ2n) is 5.32. The first-order valence-electron chi connectivity index (χ1n) is 7.03. The van der Waals surface area contributed by atoms with Crippen molar-refractivity contribution in [2.75, 3.05) is 0 Å². The molecule has 0 radical (unpaired) electrons. The quantitative estimate of drug-likeness (QED) is 0.807. The topological polar surface area (TPSA) is 82.7 Å².